The third kappa shape index (κ3) is 3.41. The maximum absolute atomic E-state index is 10.5. The zero-order valence-electron chi connectivity index (χ0n) is 7.09. The van der Waals surface area contributed by atoms with Crippen LogP contribution in [0.1, 0.15) is 19.3 Å². The van der Waals surface area contributed by atoms with Crippen molar-refractivity contribution >= 4 is 29.1 Å². The zero-order valence-corrected chi connectivity index (χ0v) is 8.61. The van der Waals surface area contributed by atoms with Crippen LogP contribution in [0.4, 0.5) is 0 Å². The summed E-state index contributed by atoms with van der Waals surface area (Å²) in [5, 5.41) is 1.17. The highest BCUT2D eigenvalue weighted by Crippen LogP contribution is 2.30. The van der Waals surface area contributed by atoms with Crippen LogP contribution in [-0.4, -0.2) is 5.91 Å². The van der Waals surface area contributed by atoms with E-state index in [1.54, 1.807) is 0 Å². The van der Waals surface area contributed by atoms with Crippen molar-refractivity contribution in [3.8, 4) is 0 Å². The molecule has 0 aliphatic heterocycles. The van der Waals surface area contributed by atoms with E-state index in [9.17, 15) is 4.79 Å². The van der Waals surface area contributed by atoms with E-state index >= 15 is 0 Å². The van der Waals surface area contributed by atoms with E-state index in [4.69, 9.17) is 28.9 Å². The largest absolute Gasteiger partial charge is 0.370 e. The molecule has 0 heterocycles. The Hall–Kier alpha value is -0.470. The molecule has 1 rings (SSSR count). The summed E-state index contributed by atoms with van der Waals surface area (Å²) in [6, 6.07) is 0. The predicted molar refractivity (Wildman–Crippen MR) is 54.4 cm³/mol. The molecule has 0 saturated heterocycles. The normalized spacial score (nSPS) is 22.2. The molecule has 0 aromatic heterocycles. The number of carbonyl (C=O) groups excluding carboxylic acids is 1. The average Bonchev–Trinajstić information content (AvgIpc) is 2.07. The monoisotopic (exact) mass is 219 g/mol. The van der Waals surface area contributed by atoms with Crippen molar-refractivity contribution < 1.29 is 4.79 Å². The molecule has 4 heteroatoms. The number of allylic oxidation sites excluding steroid dienone is 4. The molecule has 0 spiro atoms. The Morgan fingerprint density at radius 1 is 1.54 bits per heavy atom. The number of nitrogens with two attached hydrogens (primary N) is 1. The minimum absolute atomic E-state index is 0.273. The summed E-state index contributed by atoms with van der Waals surface area (Å²) >= 11 is 11.6. The highest BCUT2D eigenvalue weighted by molar-refractivity contribution is 6.44. The van der Waals surface area contributed by atoms with E-state index in [-0.39, 0.29) is 5.91 Å². The predicted octanol–water partition coefficient (Wildman–Crippen LogP) is 2.52. The maximum Gasteiger partial charge on any atom is 0.217 e. The van der Waals surface area contributed by atoms with Crippen molar-refractivity contribution in [2.75, 3.05) is 0 Å². The summed E-state index contributed by atoms with van der Waals surface area (Å²) < 4.78 is 0. The van der Waals surface area contributed by atoms with Gasteiger partial charge in [0.15, 0.2) is 0 Å². The van der Waals surface area contributed by atoms with Gasteiger partial charge in [-0.25, -0.2) is 0 Å². The van der Waals surface area contributed by atoms with E-state index in [1.165, 1.54) is 0 Å². The minimum atomic E-state index is -0.273. The zero-order chi connectivity index (χ0) is 9.84. The minimum Gasteiger partial charge on any atom is -0.370 e. The fourth-order valence-corrected chi connectivity index (χ4v) is 1.64. The quantitative estimate of drug-likeness (QED) is 0.780. The van der Waals surface area contributed by atoms with Gasteiger partial charge in [0.05, 0.1) is 10.1 Å². The molecule has 0 radical (unpaired) electrons. The highest BCUT2D eigenvalue weighted by Gasteiger charge is 2.13. The first kappa shape index (κ1) is 10.6. The molecule has 2 N–H and O–H groups in total. The van der Waals surface area contributed by atoms with Crippen LogP contribution in [0.5, 0.6) is 0 Å². The first-order valence-corrected chi connectivity index (χ1v) is 4.87. The Morgan fingerprint density at radius 3 is 2.77 bits per heavy atom. The topological polar surface area (TPSA) is 43.1 Å². The fourth-order valence-electron chi connectivity index (χ4n) is 1.24. The van der Waals surface area contributed by atoms with Gasteiger partial charge in [0.2, 0.25) is 5.91 Å². The second-order valence-electron chi connectivity index (χ2n) is 3.07. The van der Waals surface area contributed by atoms with Crippen LogP contribution < -0.4 is 5.73 Å². The lowest BCUT2D eigenvalue weighted by atomic mass is 9.95. The lowest BCUT2D eigenvalue weighted by Gasteiger charge is -2.14. The summed E-state index contributed by atoms with van der Waals surface area (Å²) in [5.74, 6) is 0.0210. The SMILES string of the molecule is NC(=O)CCC1C=C(Cl)C(Cl)=CC1. The van der Waals surface area contributed by atoms with Crippen LogP contribution in [0.2, 0.25) is 0 Å². The van der Waals surface area contributed by atoms with Crippen molar-refractivity contribution in [2.45, 2.75) is 19.3 Å². The van der Waals surface area contributed by atoms with Crippen LogP contribution in [0.3, 0.4) is 0 Å². The number of hydrogen-bond donors (Lipinski definition) is 1. The molecular weight excluding hydrogens is 209 g/mol. The maximum atomic E-state index is 10.5. The molecule has 13 heavy (non-hydrogen) atoms. The number of carbonyl (C=O) groups is 1. The molecule has 1 atom stereocenters. The first-order chi connectivity index (χ1) is 6.09. The summed E-state index contributed by atoms with van der Waals surface area (Å²) in [6.07, 6.45) is 5.73. The summed E-state index contributed by atoms with van der Waals surface area (Å²) in [5.41, 5.74) is 5.04. The van der Waals surface area contributed by atoms with Gasteiger partial charge >= 0.3 is 0 Å². The van der Waals surface area contributed by atoms with Crippen LogP contribution in [0, 0.1) is 5.92 Å². The molecule has 1 aliphatic carbocycles. The van der Waals surface area contributed by atoms with Gasteiger partial charge < -0.3 is 5.73 Å². The molecular formula is C9H11Cl2NO. The molecule has 0 saturated carbocycles. The van der Waals surface area contributed by atoms with Crippen LogP contribution in [-0.2, 0) is 4.79 Å². The van der Waals surface area contributed by atoms with Gasteiger partial charge in [0, 0.05) is 6.42 Å². The molecule has 1 aliphatic rings. The molecule has 0 fully saturated rings. The molecule has 0 aromatic rings. The summed E-state index contributed by atoms with van der Waals surface area (Å²) in [7, 11) is 0. The molecule has 1 amide bonds. The molecule has 72 valence electrons. The van der Waals surface area contributed by atoms with Crippen molar-refractivity contribution in [1.82, 2.24) is 0 Å². The van der Waals surface area contributed by atoms with Crippen molar-refractivity contribution in [3.63, 3.8) is 0 Å². The lowest BCUT2D eigenvalue weighted by Crippen LogP contribution is -2.12. The summed E-state index contributed by atoms with van der Waals surface area (Å²) in [6.45, 7) is 0. The molecule has 1 unspecified atom stereocenters. The van der Waals surface area contributed by atoms with Gasteiger partial charge in [-0.3, -0.25) is 4.79 Å². The lowest BCUT2D eigenvalue weighted by molar-refractivity contribution is -0.118. The third-order valence-electron chi connectivity index (χ3n) is 1.97. The van der Waals surface area contributed by atoms with E-state index < -0.39 is 0 Å². The Labute approximate surface area is 87.4 Å². The Morgan fingerprint density at radius 2 is 2.23 bits per heavy atom. The number of rotatable bonds is 3. The van der Waals surface area contributed by atoms with Crippen LogP contribution >= 0.6 is 23.2 Å². The first-order valence-electron chi connectivity index (χ1n) is 4.11. The van der Waals surface area contributed by atoms with Gasteiger partial charge in [-0.05, 0) is 18.8 Å². The highest BCUT2D eigenvalue weighted by atomic mass is 35.5. The van der Waals surface area contributed by atoms with Crippen LogP contribution in [0.25, 0.3) is 0 Å². The van der Waals surface area contributed by atoms with Gasteiger partial charge in [-0.15, -0.1) is 0 Å². The van der Waals surface area contributed by atoms with Crippen LogP contribution in [0.15, 0.2) is 22.2 Å². The van der Waals surface area contributed by atoms with E-state index in [2.05, 4.69) is 0 Å². The van der Waals surface area contributed by atoms with E-state index in [0.717, 1.165) is 12.8 Å². The second-order valence-corrected chi connectivity index (χ2v) is 3.88. The van der Waals surface area contributed by atoms with E-state index in [0.29, 0.717) is 22.4 Å². The summed E-state index contributed by atoms with van der Waals surface area (Å²) in [4.78, 5) is 10.5. The van der Waals surface area contributed by atoms with Gasteiger partial charge in [0.1, 0.15) is 0 Å². The standard InChI is InChI=1S/C9H11Cl2NO/c10-7-3-1-6(5-8(7)11)2-4-9(12)13/h3,5-6H,1-2,4H2,(H2,12,13). The molecule has 0 aromatic carbocycles. The number of halogens is 2. The smallest absolute Gasteiger partial charge is 0.217 e. The number of amides is 1. The third-order valence-corrected chi connectivity index (χ3v) is 2.76. The molecule has 0 bridgehead atoms. The van der Waals surface area contributed by atoms with Gasteiger partial charge in [0.25, 0.3) is 0 Å². The average molecular weight is 220 g/mol. The second kappa shape index (κ2) is 4.68. The Balaban J connectivity index is 2.44. The number of hydrogen-bond acceptors (Lipinski definition) is 1. The fraction of sp³-hybridized carbons (Fsp3) is 0.444. The van der Waals surface area contributed by atoms with Gasteiger partial charge in [-0.2, -0.15) is 0 Å². The number of primary amides is 1. The van der Waals surface area contributed by atoms with Crippen molar-refractivity contribution in [3.05, 3.63) is 22.2 Å². The molecule has 2 nitrogen and oxygen atoms in total. The van der Waals surface area contributed by atoms with E-state index in [1.807, 2.05) is 12.2 Å². The van der Waals surface area contributed by atoms with Crippen molar-refractivity contribution in [2.24, 2.45) is 11.7 Å². The van der Waals surface area contributed by atoms with Gasteiger partial charge in [-0.1, -0.05) is 35.4 Å². The Kier molecular flexibility index (Phi) is 3.82. The van der Waals surface area contributed by atoms with Crippen molar-refractivity contribution in [1.29, 1.82) is 0 Å². The Bertz CT molecular complexity index is 271.